The lowest BCUT2D eigenvalue weighted by atomic mass is 9.56. The predicted molar refractivity (Wildman–Crippen MR) is 63.0 cm³/mol. The first-order valence-corrected chi connectivity index (χ1v) is 6.20. The van der Waals surface area contributed by atoms with Gasteiger partial charge in [0.2, 0.25) is 0 Å². The molecule has 0 aromatic heterocycles. The van der Waals surface area contributed by atoms with Crippen LogP contribution in [0, 0.1) is 23.7 Å². The van der Waals surface area contributed by atoms with Crippen molar-refractivity contribution in [3.05, 3.63) is 0 Å². The Morgan fingerprint density at radius 3 is 0.778 bits per heavy atom. The third-order valence-electron chi connectivity index (χ3n) is 4.00. The molecule has 0 heterocycles. The summed E-state index contributed by atoms with van der Waals surface area (Å²) in [4.78, 5) is 17.1. The summed E-state index contributed by atoms with van der Waals surface area (Å²) in [7, 11) is 0. The van der Waals surface area contributed by atoms with Gasteiger partial charge in [0, 0.05) is 0 Å². The Hall–Kier alpha value is -1.46. The van der Waals surface area contributed by atoms with Gasteiger partial charge in [-0.1, -0.05) is 0 Å². The van der Waals surface area contributed by atoms with E-state index in [-0.39, 0.29) is 0 Å². The Kier molecular flexibility index (Phi) is 5.25. The average Bonchev–Trinajstić information content (AvgIpc) is 2.12. The van der Waals surface area contributed by atoms with Crippen molar-refractivity contribution in [3.63, 3.8) is 0 Å². The van der Waals surface area contributed by atoms with Gasteiger partial charge in [0.05, 0.1) is 0 Å². The second kappa shape index (κ2) is 6.47. The second-order valence-corrected chi connectivity index (χ2v) is 5.44. The molecule has 0 atom stereocenters. The standard InChI is InChI=1S/C10H16.2CH2O3/c1-7-2-9-4-8(1)5-10(3-7)6-9;2*2-1(3)4/h7-10H,1-6H2;2*(H2,2,3,4). The van der Waals surface area contributed by atoms with Gasteiger partial charge in [-0.2, -0.15) is 0 Å². The molecule has 4 fully saturated rings. The predicted octanol–water partition coefficient (Wildman–Crippen LogP) is 3.28. The Morgan fingerprint density at radius 1 is 0.556 bits per heavy atom. The molecule has 0 saturated heterocycles. The third-order valence-corrected chi connectivity index (χ3v) is 4.00. The van der Waals surface area contributed by atoms with Gasteiger partial charge in [-0.05, 0) is 62.2 Å². The van der Waals surface area contributed by atoms with Crippen molar-refractivity contribution in [2.45, 2.75) is 38.5 Å². The van der Waals surface area contributed by atoms with E-state index in [4.69, 9.17) is 30.0 Å². The van der Waals surface area contributed by atoms with Crippen LogP contribution in [-0.2, 0) is 0 Å². The first-order chi connectivity index (χ1) is 8.36. The van der Waals surface area contributed by atoms with E-state index in [1.54, 1.807) is 38.5 Å². The van der Waals surface area contributed by atoms with Crippen molar-refractivity contribution in [2.75, 3.05) is 0 Å². The number of carboxylic acid groups (broad SMARTS) is 4. The van der Waals surface area contributed by atoms with E-state index in [1.165, 1.54) is 23.7 Å². The molecule has 0 amide bonds. The summed E-state index contributed by atoms with van der Waals surface area (Å²) in [5.74, 6) is 4.71. The van der Waals surface area contributed by atoms with Crippen LogP contribution < -0.4 is 0 Å². The zero-order chi connectivity index (χ0) is 13.7. The minimum atomic E-state index is -1.83. The zero-order valence-corrected chi connectivity index (χ0v) is 10.2. The highest BCUT2D eigenvalue weighted by Crippen LogP contribution is 2.53. The van der Waals surface area contributed by atoms with Gasteiger partial charge in [0.25, 0.3) is 0 Å². The van der Waals surface area contributed by atoms with Gasteiger partial charge in [-0.15, -0.1) is 0 Å². The highest BCUT2D eigenvalue weighted by Gasteiger charge is 2.41. The van der Waals surface area contributed by atoms with Gasteiger partial charge in [-0.3, -0.25) is 0 Å². The second-order valence-electron chi connectivity index (χ2n) is 5.44. The van der Waals surface area contributed by atoms with E-state index >= 15 is 0 Å². The van der Waals surface area contributed by atoms with Crippen molar-refractivity contribution < 1.29 is 30.0 Å². The van der Waals surface area contributed by atoms with E-state index in [1.807, 2.05) is 0 Å². The van der Waals surface area contributed by atoms with Crippen LogP contribution in [0.2, 0.25) is 0 Å². The van der Waals surface area contributed by atoms with Crippen molar-refractivity contribution >= 4 is 12.3 Å². The SMILES string of the molecule is C1C2CC3CC1CC(C2)C3.O=C(O)O.O=C(O)O. The molecule has 0 aromatic carbocycles. The van der Waals surface area contributed by atoms with Crippen molar-refractivity contribution in [1.82, 2.24) is 0 Å². The van der Waals surface area contributed by atoms with E-state index < -0.39 is 12.3 Å². The van der Waals surface area contributed by atoms with Gasteiger partial charge >= 0.3 is 12.3 Å². The molecule has 4 aliphatic rings. The quantitative estimate of drug-likeness (QED) is 0.531. The lowest BCUT2D eigenvalue weighted by molar-refractivity contribution is 0.0198. The van der Waals surface area contributed by atoms with Crippen LogP contribution >= 0.6 is 0 Å². The van der Waals surface area contributed by atoms with E-state index in [9.17, 15) is 0 Å². The Morgan fingerprint density at radius 2 is 0.667 bits per heavy atom. The third kappa shape index (κ3) is 5.25. The molecule has 6 heteroatoms. The van der Waals surface area contributed by atoms with Crippen molar-refractivity contribution in [3.8, 4) is 0 Å². The van der Waals surface area contributed by atoms with E-state index in [2.05, 4.69) is 0 Å². The molecular formula is C12H20O6. The van der Waals surface area contributed by atoms with E-state index in [0.29, 0.717) is 0 Å². The maximum atomic E-state index is 8.56. The summed E-state index contributed by atoms with van der Waals surface area (Å²) in [6.45, 7) is 0. The molecule has 0 aliphatic heterocycles. The van der Waals surface area contributed by atoms with Crippen LogP contribution in [0.3, 0.4) is 0 Å². The number of hydrogen-bond donors (Lipinski definition) is 4. The maximum Gasteiger partial charge on any atom is 0.503 e. The van der Waals surface area contributed by atoms with Gasteiger partial charge < -0.3 is 20.4 Å². The number of rotatable bonds is 0. The van der Waals surface area contributed by atoms with Gasteiger partial charge in [-0.25, -0.2) is 9.59 Å². The minimum absolute atomic E-state index is 1.18. The molecule has 0 aromatic rings. The molecular weight excluding hydrogens is 240 g/mol. The van der Waals surface area contributed by atoms with Crippen molar-refractivity contribution in [1.29, 1.82) is 0 Å². The number of hydrogen-bond acceptors (Lipinski definition) is 2. The van der Waals surface area contributed by atoms with E-state index in [0.717, 1.165) is 0 Å². The number of carbonyl (C=O) groups is 2. The highest BCUT2D eigenvalue weighted by molar-refractivity contribution is 5.53. The fourth-order valence-corrected chi connectivity index (χ4v) is 3.98. The molecule has 0 radical (unpaired) electrons. The lowest BCUT2D eigenvalue weighted by Crippen LogP contribution is -2.38. The van der Waals surface area contributed by atoms with Crippen LogP contribution in [0.4, 0.5) is 9.59 Å². The molecule has 0 spiro atoms. The summed E-state index contributed by atoms with van der Waals surface area (Å²) >= 11 is 0. The highest BCUT2D eigenvalue weighted by atomic mass is 16.6. The minimum Gasteiger partial charge on any atom is -0.450 e. The van der Waals surface area contributed by atoms with Crippen LogP contribution in [0.1, 0.15) is 38.5 Å². The fraction of sp³-hybridized carbons (Fsp3) is 0.833. The molecule has 4 N–H and O–H groups in total. The van der Waals surface area contributed by atoms with Crippen LogP contribution in [0.15, 0.2) is 0 Å². The lowest BCUT2D eigenvalue weighted by Gasteiger charge is -2.49. The molecule has 6 nitrogen and oxygen atoms in total. The van der Waals surface area contributed by atoms with Gasteiger partial charge in [0.1, 0.15) is 0 Å². The summed E-state index contributed by atoms with van der Waals surface area (Å²) < 4.78 is 0. The molecule has 4 aliphatic carbocycles. The monoisotopic (exact) mass is 260 g/mol. The molecule has 4 bridgehead atoms. The molecule has 4 rings (SSSR count). The smallest absolute Gasteiger partial charge is 0.450 e. The van der Waals surface area contributed by atoms with Gasteiger partial charge in [0.15, 0.2) is 0 Å². The van der Waals surface area contributed by atoms with Crippen molar-refractivity contribution in [2.24, 2.45) is 23.7 Å². The van der Waals surface area contributed by atoms with Crippen LogP contribution in [0.25, 0.3) is 0 Å². The van der Waals surface area contributed by atoms with Crippen LogP contribution in [0.5, 0.6) is 0 Å². The summed E-state index contributed by atoms with van der Waals surface area (Å²) in [5.41, 5.74) is 0. The topological polar surface area (TPSA) is 115 Å². The molecule has 4 saturated carbocycles. The Bertz CT molecular complexity index is 224. The summed E-state index contributed by atoms with van der Waals surface area (Å²) in [6.07, 6.45) is 5.96. The fourth-order valence-electron chi connectivity index (χ4n) is 3.98. The normalized spacial score (nSPS) is 34.7. The summed E-state index contributed by atoms with van der Waals surface area (Å²) in [5, 5.41) is 27.9. The molecule has 18 heavy (non-hydrogen) atoms. The summed E-state index contributed by atoms with van der Waals surface area (Å²) in [6, 6.07) is 0. The largest absolute Gasteiger partial charge is 0.503 e. The maximum absolute atomic E-state index is 8.56. The first-order valence-electron chi connectivity index (χ1n) is 6.20. The molecule has 0 unspecified atom stereocenters. The van der Waals surface area contributed by atoms with Crippen LogP contribution in [-0.4, -0.2) is 32.7 Å². The zero-order valence-electron chi connectivity index (χ0n) is 10.2. The average molecular weight is 260 g/mol. The molecule has 104 valence electrons. The first kappa shape index (κ1) is 14.6. The Labute approximate surface area is 105 Å². The Balaban J connectivity index is 0.000000174.